The molecular formula is C18H23ClN2O5S. The zero-order chi connectivity index (χ0) is 19.6. The summed E-state index contributed by atoms with van der Waals surface area (Å²) in [6.07, 6.45) is 2.57. The fourth-order valence-electron chi connectivity index (χ4n) is 3.37. The standard InChI is InChI=1S/C18H23ClN2O5S/c1-13(17(22)20-8-2-3-9-20)26-18(23)14-6-7-15(19)16(12-14)27(24,25)21-10-4-5-11-21/h6-7,12-13H,2-5,8-11H2,1H3/t13-/m1/s1. The van der Waals surface area contributed by atoms with Crippen LogP contribution < -0.4 is 0 Å². The Morgan fingerprint density at radius 2 is 1.67 bits per heavy atom. The summed E-state index contributed by atoms with van der Waals surface area (Å²) in [7, 11) is -3.76. The molecule has 0 saturated carbocycles. The van der Waals surface area contributed by atoms with E-state index in [1.54, 1.807) is 4.90 Å². The van der Waals surface area contributed by atoms with E-state index in [0.29, 0.717) is 26.2 Å². The lowest BCUT2D eigenvalue weighted by molar-refractivity contribution is -0.138. The molecule has 0 bridgehead atoms. The molecule has 0 unspecified atom stereocenters. The summed E-state index contributed by atoms with van der Waals surface area (Å²) in [6, 6.07) is 4.00. The first kappa shape index (κ1) is 20.1. The van der Waals surface area contributed by atoms with Crippen molar-refractivity contribution in [1.29, 1.82) is 0 Å². The molecule has 2 fully saturated rings. The van der Waals surface area contributed by atoms with Gasteiger partial charge in [-0.2, -0.15) is 4.31 Å². The van der Waals surface area contributed by atoms with Crippen LogP contribution in [0.15, 0.2) is 23.1 Å². The van der Waals surface area contributed by atoms with Gasteiger partial charge in [-0.1, -0.05) is 11.6 Å². The predicted molar refractivity (Wildman–Crippen MR) is 100 cm³/mol. The molecule has 9 heteroatoms. The molecule has 0 N–H and O–H groups in total. The second-order valence-electron chi connectivity index (χ2n) is 6.84. The molecule has 0 aliphatic carbocycles. The number of esters is 1. The SMILES string of the molecule is C[C@@H](OC(=O)c1ccc(Cl)c(S(=O)(=O)N2CCCC2)c1)C(=O)N1CCCC1. The van der Waals surface area contributed by atoms with Crippen molar-refractivity contribution in [3.05, 3.63) is 28.8 Å². The van der Waals surface area contributed by atoms with Gasteiger partial charge < -0.3 is 9.64 Å². The molecule has 2 heterocycles. The summed E-state index contributed by atoms with van der Waals surface area (Å²) in [5, 5.41) is 0.0552. The van der Waals surface area contributed by atoms with Gasteiger partial charge in [-0.25, -0.2) is 13.2 Å². The van der Waals surface area contributed by atoms with Crippen LogP contribution in [0.1, 0.15) is 43.0 Å². The Labute approximate surface area is 164 Å². The number of hydrogen-bond donors (Lipinski definition) is 0. The van der Waals surface area contributed by atoms with Crippen LogP contribution in [0.5, 0.6) is 0 Å². The van der Waals surface area contributed by atoms with Crippen molar-refractivity contribution in [2.24, 2.45) is 0 Å². The van der Waals surface area contributed by atoms with E-state index >= 15 is 0 Å². The predicted octanol–water partition coefficient (Wildman–Crippen LogP) is 2.29. The van der Waals surface area contributed by atoms with Crippen LogP contribution in [0, 0.1) is 0 Å². The molecule has 2 aliphatic rings. The van der Waals surface area contributed by atoms with Gasteiger partial charge in [0, 0.05) is 26.2 Å². The van der Waals surface area contributed by atoms with Crippen molar-refractivity contribution in [1.82, 2.24) is 9.21 Å². The van der Waals surface area contributed by atoms with Crippen LogP contribution in [0.25, 0.3) is 0 Å². The molecule has 7 nitrogen and oxygen atoms in total. The molecule has 0 radical (unpaired) electrons. The Kier molecular flexibility index (Phi) is 6.08. The largest absolute Gasteiger partial charge is 0.449 e. The Morgan fingerprint density at radius 1 is 1.07 bits per heavy atom. The molecule has 2 saturated heterocycles. The number of sulfonamides is 1. The summed E-state index contributed by atoms with van der Waals surface area (Å²) in [4.78, 5) is 26.3. The Morgan fingerprint density at radius 3 is 2.30 bits per heavy atom. The van der Waals surface area contributed by atoms with Crippen molar-refractivity contribution in [3.8, 4) is 0 Å². The number of amides is 1. The summed E-state index contributed by atoms with van der Waals surface area (Å²) in [6.45, 7) is 3.74. The number of benzene rings is 1. The number of hydrogen-bond acceptors (Lipinski definition) is 5. The van der Waals surface area contributed by atoms with E-state index in [0.717, 1.165) is 25.7 Å². The van der Waals surface area contributed by atoms with Crippen molar-refractivity contribution in [3.63, 3.8) is 0 Å². The number of halogens is 1. The minimum atomic E-state index is -3.76. The fourth-order valence-corrected chi connectivity index (χ4v) is 5.39. The van der Waals surface area contributed by atoms with Crippen molar-refractivity contribution in [2.75, 3.05) is 26.2 Å². The van der Waals surface area contributed by atoms with Crippen LogP contribution in [0.4, 0.5) is 0 Å². The lowest BCUT2D eigenvalue weighted by Gasteiger charge is -2.21. The van der Waals surface area contributed by atoms with E-state index in [-0.39, 0.29) is 21.4 Å². The quantitative estimate of drug-likeness (QED) is 0.690. The van der Waals surface area contributed by atoms with Crippen LogP contribution >= 0.6 is 11.6 Å². The smallest absolute Gasteiger partial charge is 0.338 e. The highest BCUT2D eigenvalue weighted by atomic mass is 35.5. The molecule has 1 amide bonds. The maximum atomic E-state index is 12.8. The van der Waals surface area contributed by atoms with Gasteiger partial charge in [0.25, 0.3) is 5.91 Å². The first-order valence-electron chi connectivity index (χ1n) is 9.10. The van der Waals surface area contributed by atoms with Crippen LogP contribution in [-0.2, 0) is 19.6 Å². The molecule has 148 valence electrons. The second kappa shape index (κ2) is 8.16. The molecule has 27 heavy (non-hydrogen) atoms. The van der Waals surface area contributed by atoms with E-state index in [9.17, 15) is 18.0 Å². The summed E-state index contributed by atoms with van der Waals surface area (Å²) in [5.41, 5.74) is 0.0539. The molecule has 1 aromatic carbocycles. The zero-order valence-corrected chi connectivity index (χ0v) is 16.8. The Hall–Kier alpha value is -1.64. The van der Waals surface area contributed by atoms with Crippen molar-refractivity contribution >= 4 is 33.5 Å². The third kappa shape index (κ3) is 4.28. The number of nitrogens with zero attached hydrogens (tertiary/aromatic N) is 2. The third-order valence-corrected chi connectivity index (χ3v) is 7.28. The minimum Gasteiger partial charge on any atom is -0.449 e. The topological polar surface area (TPSA) is 84.0 Å². The molecule has 0 spiro atoms. The third-order valence-electron chi connectivity index (χ3n) is 4.90. The lowest BCUT2D eigenvalue weighted by Crippen LogP contribution is -2.38. The van der Waals surface area contributed by atoms with E-state index < -0.39 is 22.1 Å². The van der Waals surface area contributed by atoms with Crippen molar-refractivity contribution < 1.29 is 22.7 Å². The van der Waals surface area contributed by atoms with E-state index in [1.165, 1.54) is 29.4 Å². The number of likely N-dealkylation sites (tertiary alicyclic amines) is 1. The summed E-state index contributed by atoms with van der Waals surface area (Å²) in [5.74, 6) is -0.982. The second-order valence-corrected chi connectivity index (χ2v) is 9.15. The highest BCUT2D eigenvalue weighted by molar-refractivity contribution is 7.89. The zero-order valence-electron chi connectivity index (χ0n) is 15.2. The van der Waals surface area contributed by atoms with Gasteiger partial charge in [0.1, 0.15) is 4.90 Å². The molecule has 3 rings (SSSR count). The van der Waals surface area contributed by atoms with Gasteiger partial charge in [-0.05, 0) is 50.8 Å². The molecule has 2 aliphatic heterocycles. The molecule has 0 aromatic heterocycles. The summed E-state index contributed by atoms with van der Waals surface area (Å²) >= 11 is 6.09. The molecule has 1 atom stereocenters. The van der Waals surface area contributed by atoms with E-state index in [1.807, 2.05) is 0 Å². The van der Waals surface area contributed by atoms with Gasteiger partial charge in [0.2, 0.25) is 10.0 Å². The maximum absolute atomic E-state index is 12.8. The number of ether oxygens (including phenoxy) is 1. The van der Waals surface area contributed by atoms with Crippen LogP contribution in [0.3, 0.4) is 0 Å². The van der Waals surface area contributed by atoms with Gasteiger partial charge in [0.15, 0.2) is 6.10 Å². The summed E-state index contributed by atoms with van der Waals surface area (Å²) < 4.78 is 32.2. The molecule has 1 aromatic rings. The van der Waals surface area contributed by atoms with Crippen LogP contribution in [-0.4, -0.2) is 61.8 Å². The average molecular weight is 415 g/mol. The lowest BCUT2D eigenvalue weighted by atomic mass is 10.2. The first-order chi connectivity index (χ1) is 12.8. The highest BCUT2D eigenvalue weighted by Crippen LogP contribution is 2.28. The number of carbonyl (C=O) groups excluding carboxylic acids is 2. The van der Waals surface area contributed by atoms with Gasteiger partial charge >= 0.3 is 5.97 Å². The highest BCUT2D eigenvalue weighted by Gasteiger charge is 2.31. The Bertz CT molecular complexity index is 830. The van der Waals surface area contributed by atoms with E-state index in [2.05, 4.69) is 0 Å². The van der Waals surface area contributed by atoms with Gasteiger partial charge in [-0.15, -0.1) is 0 Å². The minimum absolute atomic E-state index is 0.0539. The number of carbonyl (C=O) groups is 2. The fraction of sp³-hybridized carbons (Fsp3) is 0.556. The van der Waals surface area contributed by atoms with Crippen molar-refractivity contribution in [2.45, 2.75) is 43.6 Å². The first-order valence-corrected chi connectivity index (χ1v) is 10.9. The van der Waals surface area contributed by atoms with Crippen LogP contribution in [0.2, 0.25) is 5.02 Å². The van der Waals surface area contributed by atoms with Gasteiger partial charge in [0.05, 0.1) is 10.6 Å². The normalized spacial score (nSPS) is 19.3. The van der Waals surface area contributed by atoms with E-state index in [4.69, 9.17) is 16.3 Å². The van der Waals surface area contributed by atoms with Gasteiger partial charge in [-0.3, -0.25) is 4.79 Å². The maximum Gasteiger partial charge on any atom is 0.338 e. The number of rotatable bonds is 5. The monoisotopic (exact) mass is 414 g/mol. The Balaban J connectivity index is 1.76. The average Bonchev–Trinajstić information content (AvgIpc) is 3.34. The molecular weight excluding hydrogens is 392 g/mol.